The van der Waals surface area contributed by atoms with E-state index in [0.717, 1.165) is 58.9 Å². The van der Waals surface area contributed by atoms with E-state index in [-0.39, 0.29) is 47.3 Å². The van der Waals surface area contributed by atoms with E-state index in [1.807, 2.05) is 26.8 Å². The number of aliphatic carboxylic acids is 1. The number of carboxylic acids is 1. The molecule has 2 saturated carbocycles. The Morgan fingerprint density at radius 1 is 1.07 bits per heavy atom. The van der Waals surface area contributed by atoms with Crippen LogP contribution in [0, 0.1) is 28.6 Å². The molecule has 2 fully saturated rings. The molecule has 9 atom stereocenters. The van der Waals surface area contributed by atoms with E-state index in [1.54, 1.807) is 13.0 Å². The first-order chi connectivity index (χ1) is 25.6. The van der Waals surface area contributed by atoms with Gasteiger partial charge >= 0.3 is 5.97 Å². The maximum Gasteiger partial charge on any atom is 0.305 e. The smallest absolute Gasteiger partial charge is 0.305 e. The zero-order valence-corrected chi connectivity index (χ0v) is 33.9. The summed E-state index contributed by atoms with van der Waals surface area (Å²) in [6, 6.07) is 1.72. The fraction of sp³-hybridized carbons (Fsp3) is 0.587. The summed E-state index contributed by atoms with van der Waals surface area (Å²) < 4.78 is 8.87. The number of allylic oxidation sites excluding steroid dienone is 3. The van der Waals surface area contributed by atoms with Crippen molar-refractivity contribution in [2.24, 2.45) is 28.6 Å². The highest BCUT2D eigenvalue weighted by Crippen LogP contribution is 2.71. The van der Waals surface area contributed by atoms with Crippen molar-refractivity contribution >= 4 is 34.1 Å². The second-order valence-electron chi connectivity index (χ2n) is 19.4. The van der Waals surface area contributed by atoms with Gasteiger partial charge < -0.3 is 29.9 Å². The summed E-state index contributed by atoms with van der Waals surface area (Å²) >= 11 is 0. The number of aromatic nitrogens is 1. The average molecular weight is 751 g/mol. The summed E-state index contributed by atoms with van der Waals surface area (Å²) in [5.41, 5.74) is 5.82. The number of nitrogens with one attached hydrogen (secondary N) is 1. The molecule has 9 nitrogen and oxygen atoms in total. The SMILES string of the molecule is C=C(C)[C@H]1C(=O)c2c3c(cc4c5c(n1c24)[C@@]1(C)C(CC[C@H]2[C@](C)(/C=C/C=C(\C)C(=O)NCCC(=O)O)[C@@H](O)CC[C@@]21C)C5)C1=CC(C)(C)OC(C)(C)C1[C@@H]3O. The Morgan fingerprint density at radius 3 is 2.45 bits per heavy atom. The van der Waals surface area contributed by atoms with Gasteiger partial charge in [0.1, 0.15) is 6.04 Å². The topological polar surface area (TPSA) is 138 Å². The number of amides is 1. The van der Waals surface area contributed by atoms with Crippen LogP contribution < -0.4 is 5.32 Å². The third-order valence-electron chi connectivity index (χ3n) is 15.4. The molecule has 2 unspecified atom stereocenters. The number of ketones is 1. The molecule has 0 saturated heterocycles. The van der Waals surface area contributed by atoms with Crippen molar-refractivity contribution in [3.8, 4) is 0 Å². The van der Waals surface area contributed by atoms with Crippen LogP contribution in [0.15, 0.2) is 48.1 Å². The number of hydrogen-bond acceptors (Lipinski definition) is 6. The van der Waals surface area contributed by atoms with Gasteiger partial charge in [0.15, 0.2) is 5.78 Å². The molecule has 0 radical (unpaired) electrons. The third kappa shape index (κ3) is 5.04. The molecule has 4 aliphatic carbocycles. The van der Waals surface area contributed by atoms with Crippen LogP contribution >= 0.6 is 0 Å². The number of aliphatic hydroxyl groups is 2. The van der Waals surface area contributed by atoms with Gasteiger partial charge in [-0.15, -0.1) is 0 Å². The summed E-state index contributed by atoms with van der Waals surface area (Å²) in [5.74, 6) is -1.10. The minimum Gasteiger partial charge on any atom is -0.481 e. The standard InChI is InChI=1S/C46H58N2O7/c1-23(2)36-39(53)34-33-26(29-22-42(4,5)55-43(6,7)35(29)38(33)52)21-27-28-20-25-13-14-30-44(8,17-11-12-24(3)41(54)47-19-16-32(50)51)31(49)15-18-45(30,9)46(25,10)40(28)48(36)37(27)34/h11-12,17,21-22,25,30-31,35-36,38,49,52H,1,13-16,18-20H2,2-10H3,(H,47,54)(H,50,51)/b17-11+,24-12+/t25?,30-,31-,35?,36-,38+,44-,45-,46+/m0/s1. The lowest BCUT2D eigenvalue weighted by Crippen LogP contribution is -2.62. The van der Waals surface area contributed by atoms with Gasteiger partial charge in [-0.2, -0.15) is 0 Å². The molecule has 294 valence electrons. The first kappa shape index (κ1) is 38.1. The predicted molar refractivity (Wildman–Crippen MR) is 213 cm³/mol. The van der Waals surface area contributed by atoms with Crippen LogP contribution in [0.2, 0.25) is 0 Å². The summed E-state index contributed by atoms with van der Waals surface area (Å²) in [7, 11) is 0. The quantitative estimate of drug-likeness (QED) is 0.129. The molecule has 8 rings (SSSR count). The number of carbonyl (C=O) groups is 3. The maximum atomic E-state index is 14.9. The number of nitrogens with zero attached hydrogens (tertiary/aromatic N) is 1. The Labute approximate surface area is 324 Å². The van der Waals surface area contributed by atoms with Crippen LogP contribution in [-0.2, 0) is 26.2 Å². The Kier molecular flexibility index (Phi) is 8.39. The molecule has 3 heterocycles. The summed E-state index contributed by atoms with van der Waals surface area (Å²) in [6.07, 6.45) is 10.6. The minimum absolute atomic E-state index is 0.00832. The van der Waals surface area contributed by atoms with Crippen molar-refractivity contribution in [2.75, 3.05) is 6.54 Å². The van der Waals surface area contributed by atoms with Crippen molar-refractivity contribution in [1.82, 2.24) is 9.88 Å². The number of aliphatic hydroxyl groups excluding tert-OH is 2. The van der Waals surface area contributed by atoms with Crippen molar-refractivity contribution in [3.63, 3.8) is 0 Å². The van der Waals surface area contributed by atoms with Gasteiger partial charge in [-0.25, -0.2) is 0 Å². The first-order valence-electron chi connectivity index (χ1n) is 20.2. The highest BCUT2D eigenvalue weighted by molar-refractivity contribution is 6.18. The molecule has 2 aromatic rings. The number of carbonyl (C=O) groups excluding carboxylic acids is 2. The number of carboxylic acid groups (broad SMARTS) is 1. The molecular formula is C46H58N2O7. The lowest BCUT2D eigenvalue weighted by atomic mass is 9.40. The second kappa shape index (κ2) is 12.1. The van der Waals surface area contributed by atoms with Crippen LogP contribution in [-0.4, -0.2) is 61.4 Å². The lowest BCUT2D eigenvalue weighted by molar-refractivity contribution is -0.144. The van der Waals surface area contributed by atoms with E-state index in [2.05, 4.69) is 69.3 Å². The van der Waals surface area contributed by atoms with Crippen LogP contribution in [0.3, 0.4) is 0 Å². The Bertz CT molecular complexity index is 2180. The van der Waals surface area contributed by atoms with Crippen LogP contribution in [0.4, 0.5) is 0 Å². The molecule has 1 amide bonds. The molecule has 1 aromatic heterocycles. The Balaban J connectivity index is 1.26. The van der Waals surface area contributed by atoms with Crippen molar-refractivity contribution in [1.29, 1.82) is 0 Å². The van der Waals surface area contributed by atoms with E-state index in [0.29, 0.717) is 23.5 Å². The van der Waals surface area contributed by atoms with E-state index < -0.39 is 40.8 Å². The summed E-state index contributed by atoms with van der Waals surface area (Å²) in [4.78, 5) is 38.5. The molecule has 9 heteroatoms. The van der Waals surface area contributed by atoms with Crippen LogP contribution in [0.25, 0.3) is 16.5 Å². The van der Waals surface area contributed by atoms with Crippen molar-refractivity contribution in [3.05, 3.63) is 76.0 Å². The molecule has 6 aliphatic rings. The molecule has 0 bridgehead atoms. The van der Waals surface area contributed by atoms with Gasteiger partial charge in [0.25, 0.3) is 0 Å². The normalized spacial score (nSPS) is 36.6. The van der Waals surface area contributed by atoms with Gasteiger partial charge in [0.05, 0.1) is 40.9 Å². The Morgan fingerprint density at radius 2 is 1.78 bits per heavy atom. The maximum absolute atomic E-state index is 14.9. The molecule has 0 spiro atoms. The first-order valence-corrected chi connectivity index (χ1v) is 20.2. The zero-order valence-electron chi connectivity index (χ0n) is 33.9. The fourth-order valence-corrected chi connectivity index (χ4v) is 13.0. The lowest BCUT2D eigenvalue weighted by Gasteiger charge is -2.64. The average Bonchev–Trinajstić information content (AvgIpc) is 3.75. The summed E-state index contributed by atoms with van der Waals surface area (Å²) in [5, 5.41) is 36.7. The van der Waals surface area contributed by atoms with Gasteiger partial charge in [-0.3, -0.25) is 14.4 Å². The van der Waals surface area contributed by atoms with E-state index >= 15 is 0 Å². The number of rotatable bonds is 7. The number of fused-ring (bicyclic) bond motifs is 11. The van der Waals surface area contributed by atoms with Crippen molar-refractivity contribution < 1.29 is 34.4 Å². The largest absolute Gasteiger partial charge is 0.481 e. The van der Waals surface area contributed by atoms with E-state index in [9.17, 15) is 24.6 Å². The number of hydrogen-bond donors (Lipinski definition) is 4. The van der Waals surface area contributed by atoms with Gasteiger partial charge in [0.2, 0.25) is 5.91 Å². The molecular weight excluding hydrogens is 693 g/mol. The van der Waals surface area contributed by atoms with Crippen molar-refractivity contribution in [2.45, 2.75) is 136 Å². The fourth-order valence-electron chi connectivity index (χ4n) is 13.0. The Hall–Kier alpha value is -3.79. The molecule has 1 aromatic carbocycles. The van der Waals surface area contributed by atoms with E-state index in [4.69, 9.17) is 9.84 Å². The number of ether oxygens (including phenoxy) is 1. The van der Waals surface area contributed by atoms with Gasteiger partial charge in [-0.1, -0.05) is 51.2 Å². The van der Waals surface area contributed by atoms with E-state index in [1.165, 1.54) is 11.3 Å². The van der Waals surface area contributed by atoms with Gasteiger partial charge in [0, 0.05) is 45.5 Å². The predicted octanol–water partition coefficient (Wildman–Crippen LogP) is 7.69. The summed E-state index contributed by atoms with van der Waals surface area (Å²) in [6.45, 7) is 23.3. The highest BCUT2D eigenvalue weighted by Gasteiger charge is 2.67. The zero-order chi connectivity index (χ0) is 39.9. The highest BCUT2D eigenvalue weighted by atomic mass is 16.5. The molecule has 4 N–H and O–H groups in total. The molecule has 2 aliphatic heterocycles. The van der Waals surface area contributed by atoms with Gasteiger partial charge in [-0.05, 0) is 120 Å². The second-order valence-corrected chi connectivity index (χ2v) is 19.4. The number of Topliss-reactive ketones (excluding diaryl/α,β-unsaturated/α-hetero) is 1. The minimum atomic E-state index is -0.965. The number of benzene rings is 1. The third-order valence-corrected chi connectivity index (χ3v) is 15.4. The van der Waals surface area contributed by atoms with Crippen LogP contribution in [0.1, 0.15) is 139 Å². The molecule has 55 heavy (non-hydrogen) atoms. The monoisotopic (exact) mass is 750 g/mol. The van der Waals surface area contributed by atoms with Crippen LogP contribution in [0.5, 0.6) is 0 Å².